The van der Waals surface area contributed by atoms with Crippen LogP contribution >= 0.6 is 0 Å². The third-order valence-electron chi connectivity index (χ3n) is 9.20. The molecule has 214 valence electrons. The highest BCUT2D eigenvalue weighted by atomic mass is 16.5. The third kappa shape index (κ3) is 7.10. The number of nitrogens with zero attached hydrogens (tertiary/aromatic N) is 2. The van der Waals surface area contributed by atoms with E-state index < -0.39 is 36.0 Å². The lowest BCUT2D eigenvalue weighted by Crippen LogP contribution is -2.53. The molecular formula is C30H43N3O6. The largest absolute Gasteiger partial charge is 0.508 e. The summed E-state index contributed by atoms with van der Waals surface area (Å²) in [7, 11) is 0. The van der Waals surface area contributed by atoms with Crippen LogP contribution in [0.4, 0.5) is 0 Å². The van der Waals surface area contributed by atoms with Crippen LogP contribution in [0.5, 0.6) is 5.75 Å². The molecule has 3 N–H and O–H groups in total. The summed E-state index contributed by atoms with van der Waals surface area (Å²) >= 11 is 0. The highest BCUT2D eigenvalue weighted by Gasteiger charge is 2.49. The number of aliphatic hydroxyl groups excluding tert-OH is 1. The number of aromatic hydroxyl groups is 1. The SMILES string of the molecule is CC(CC1CCC(C)(C)C1(C)C)OC(=O)C1CCCN1C(=O)C(CC#N)NC(=O)C(O)Cc1ccc(O)cc1. The number of aliphatic hydroxyl groups is 1. The number of benzene rings is 1. The molecule has 1 heterocycles. The van der Waals surface area contributed by atoms with Crippen LogP contribution in [0.3, 0.4) is 0 Å². The second-order valence-electron chi connectivity index (χ2n) is 12.3. The minimum Gasteiger partial charge on any atom is -0.508 e. The van der Waals surface area contributed by atoms with Crippen LogP contribution in [0.25, 0.3) is 0 Å². The zero-order valence-corrected chi connectivity index (χ0v) is 23.8. The van der Waals surface area contributed by atoms with Crippen molar-refractivity contribution >= 4 is 17.8 Å². The number of phenolic OH excluding ortho intramolecular Hbond substituents is 1. The van der Waals surface area contributed by atoms with Gasteiger partial charge in [0.05, 0.1) is 18.6 Å². The lowest BCUT2D eigenvalue weighted by atomic mass is 9.66. The van der Waals surface area contributed by atoms with E-state index in [0.717, 1.165) is 19.3 Å². The molecule has 1 aliphatic heterocycles. The average molecular weight is 542 g/mol. The van der Waals surface area contributed by atoms with E-state index in [9.17, 15) is 29.9 Å². The molecule has 1 aromatic rings. The Morgan fingerprint density at radius 1 is 1.18 bits per heavy atom. The Balaban J connectivity index is 1.59. The van der Waals surface area contributed by atoms with Gasteiger partial charge in [0.15, 0.2) is 0 Å². The first-order valence-corrected chi connectivity index (χ1v) is 13.9. The zero-order chi connectivity index (χ0) is 29.0. The number of nitriles is 1. The lowest BCUT2D eigenvalue weighted by molar-refractivity contribution is -0.159. The molecule has 0 bridgehead atoms. The number of rotatable bonds is 10. The number of hydrogen-bond donors (Lipinski definition) is 3. The van der Waals surface area contributed by atoms with Gasteiger partial charge in [-0.3, -0.25) is 9.59 Å². The molecule has 39 heavy (non-hydrogen) atoms. The van der Waals surface area contributed by atoms with Gasteiger partial charge in [0.2, 0.25) is 11.8 Å². The Kier molecular flexibility index (Phi) is 9.65. The average Bonchev–Trinajstić information content (AvgIpc) is 3.43. The van der Waals surface area contributed by atoms with E-state index in [0.29, 0.717) is 30.9 Å². The molecule has 1 saturated carbocycles. The second-order valence-corrected chi connectivity index (χ2v) is 12.3. The van der Waals surface area contributed by atoms with Crippen molar-refractivity contribution in [3.63, 3.8) is 0 Å². The summed E-state index contributed by atoms with van der Waals surface area (Å²) in [4.78, 5) is 40.6. The quantitative estimate of drug-likeness (QED) is 0.385. The van der Waals surface area contributed by atoms with Crippen molar-refractivity contribution in [2.45, 2.75) is 104 Å². The Morgan fingerprint density at radius 3 is 2.44 bits per heavy atom. The number of likely N-dealkylation sites (tertiary alicyclic amines) is 1. The second kappa shape index (κ2) is 12.4. The monoisotopic (exact) mass is 541 g/mol. The molecule has 1 aromatic carbocycles. The van der Waals surface area contributed by atoms with E-state index in [1.165, 1.54) is 17.0 Å². The summed E-state index contributed by atoms with van der Waals surface area (Å²) in [6, 6.07) is 6.02. The third-order valence-corrected chi connectivity index (χ3v) is 9.20. The summed E-state index contributed by atoms with van der Waals surface area (Å²) in [6.07, 6.45) is 1.98. The predicted molar refractivity (Wildman–Crippen MR) is 145 cm³/mol. The van der Waals surface area contributed by atoms with Crippen LogP contribution in [-0.2, 0) is 25.5 Å². The number of amides is 2. The van der Waals surface area contributed by atoms with E-state index in [1.807, 2.05) is 13.0 Å². The molecule has 5 atom stereocenters. The van der Waals surface area contributed by atoms with Gasteiger partial charge in [0.1, 0.15) is 23.9 Å². The van der Waals surface area contributed by atoms with Crippen LogP contribution in [-0.4, -0.2) is 63.7 Å². The smallest absolute Gasteiger partial charge is 0.329 e. The summed E-state index contributed by atoms with van der Waals surface area (Å²) in [5.41, 5.74) is 0.964. The number of hydrogen-bond acceptors (Lipinski definition) is 7. The number of nitrogens with one attached hydrogen (secondary N) is 1. The fourth-order valence-corrected chi connectivity index (χ4v) is 5.89. The first-order chi connectivity index (χ1) is 18.3. The van der Waals surface area contributed by atoms with Crippen molar-refractivity contribution in [1.82, 2.24) is 10.2 Å². The van der Waals surface area contributed by atoms with Crippen molar-refractivity contribution in [3.8, 4) is 11.8 Å². The number of carbonyl (C=O) groups excluding carboxylic acids is 3. The van der Waals surface area contributed by atoms with Gasteiger partial charge >= 0.3 is 5.97 Å². The number of phenols is 1. The van der Waals surface area contributed by atoms with Gasteiger partial charge in [-0.2, -0.15) is 5.26 Å². The Morgan fingerprint density at radius 2 is 1.85 bits per heavy atom. The van der Waals surface area contributed by atoms with Gasteiger partial charge in [-0.1, -0.05) is 39.8 Å². The van der Waals surface area contributed by atoms with Gasteiger partial charge in [0.25, 0.3) is 0 Å². The molecule has 0 radical (unpaired) electrons. The van der Waals surface area contributed by atoms with Crippen molar-refractivity contribution in [2.75, 3.05) is 6.54 Å². The van der Waals surface area contributed by atoms with Crippen molar-refractivity contribution in [1.29, 1.82) is 5.26 Å². The van der Waals surface area contributed by atoms with E-state index >= 15 is 0 Å². The van der Waals surface area contributed by atoms with Gasteiger partial charge in [-0.15, -0.1) is 0 Å². The molecule has 1 saturated heterocycles. The zero-order valence-electron chi connectivity index (χ0n) is 23.8. The van der Waals surface area contributed by atoms with E-state index in [-0.39, 0.29) is 35.5 Å². The molecule has 0 spiro atoms. The highest BCUT2D eigenvalue weighted by molar-refractivity contribution is 5.92. The van der Waals surface area contributed by atoms with Gasteiger partial charge in [0, 0.05) is 13.0 Å². The van der Waals surface area contributed by atoms with E-state index in [1.54, 1.807) is 12.1 Å². The molecule has 3 rings (SSSR count). The maximum absolute atomic E-state index is 13.4. The van der Waals surface area contributed by atoms with Gasteiger partial charge in [-0.05, 0) is 73.5 Å². The maximum Gasteiger partial charge on any atom is 0.329 e. The molecule has 2 aliphatic rings. The first-order valence-electron chi connectivity index (χ1n) is 13.9. The van der Waals surface area contributed by atoms with E-state index in [2.05, 4.69) is 33.0 Å². The minimum atomic E-state index is -1.45. The number of esters is 1. The maximum atomic E-state index is 13.4. The van der Waals surface area contributed by atoms with Crippen LogP contribution < -0.4 is 5.32 Å². The molecule has 9 nitrogen and oxygen atoms in total. The fraction of sp³-hybridized carbons (Fsp3) is 0.667. The molecule has 5 unspecified atom stereocenters. The summed E-state index contributed by atoms with van der Waals surface area (Å²) in [5, 5.41) is 31.6. The normalized spacial score (nSPS) is 23.9. The van der Waals surface area contributed by atoms with Crippen LogP contribution in [0.2, 0.25) is 0 Å². The Labute approximate surface area is 231 Å². The summed E-state index contributed by atoms with van der Waals surface area (Å²) < 4.78 is 5.83. The lowest BCUT2D eigenvalue weighted by Gasteiger charge is -2.40. The Hall–Kier alpha value is -3.12. The van der Waals surface area contributed by atoms with Crippen molar-refractivity contribution in [3.05, 3.63) is 29.8 Å². The highest BCUT2D eigenvalue weighted by Crippen LogP contribution is 2.57. The molecule has 9 heteroatoms. The summed E-state index contributed by atoms with van der Waals surface area (Å²) in [6.45, 7) is 11.4. The summed E-state index contributed by atoms with van der Waals surface area (Å²) in [5.74, 6) is -1.28. The van der Waals surface area contributed by atoms with Gasteiger partial charge < -0.3 is 25.2 Å². The van der Waals surface area contributed by atoms with E-state index in [4.69, 9.17) is 4.74 Å². The van der Waals surface area contributed by atoms with Gasteiger partial charge in [-0.25, -0.2) is 4.79 Å². The predicted octanol–water partition coefficient (Wildman–Crippen LogP) is 3.47. The number of carbonyl (C=O) groups is 3. The minimum absolute atomic E-state index is 0.0227. The molecule has 1 aliphatic carbocycles. The first kappa shape index (κ1) is 30.4. The Bertz CT molecular complexity index is 1080. The fourth-order valence-electron chi connectivity index (χ4n) is 5.89. The van der Waals surface area contributed by atoms with Crippen molar-refractivity contribution in [2.24, 2.45) is 16.7 Å². The van der Waals surface area contributed by atoms with Crippen LogP contribution in [0.15, 0.2) is 24.3 Å². The van der Waals surface area contributed by atoms with Crippen LogP contribution in [0, 0.1) is 28.1 Å². The molecule has 2 amide bonds. The van der Waals surface area contributed by atoms with Crippen molar-refractivity contribution < 1.29 is 29.3 Å². The molecular weight excluding hydrogens is 498 g/mol. The molecule has 2 fully saturated rings. The van der Waals surface area contributed by atoms with Crippen LogP contribution in [0.1, 0.15) is 78.7 Å². The molecule has 0 aromatic heterocycles. The topological polar surface area (TPSA) is 140 Å². The number of ether oxygens (including phenoxy) is 1. The standard InChI is InChI=1S/C30H43N3O6/c1-19(17-21-12-14-29(2,3)30(21,4)5)39-28(38)24-7-6-16-33(24)27(37)23(13-15-31)32-26(36)25(35)18-20-8-10-22(34)11-9-20/h8-11,19,21,23-25,34-35H,6-7,12-14,16-18H2,1-5H3,(H,32,36).